The van der Waals surface area contributed by atoms with Crippen LogP contribution in [0.4, 0.5) is 0 Å². The Hall–Kier alpha value is -1.11. The molecule has 3 fully saturated rings. The van der Waals surface area contributed by atoms with Gasteiger partial charge < -0.3 is 10.4 Å². The minimum atomic E-state index is -0.120. The molecule has 3 aliphatic carbocycles. The van der Waals surface area contributed by atoms with Crippen molar-refractivity contribution in [2.24, 2.45) is 23.2 Å². The Morgan fingerprint density at radius 3 is 2.78 bits per heavy atom. The summed E-state index contributed by atoms with van der Waals surface area (Å²) in [5.74, 6) is 2.29. The van der Waals surface area contributed by atoms with Gasteiger partial charge in [-0.1, -0.05) is 12.5 Å². The monoisotopic (exact) mass is 315 g/mol. The van der Waals surface area contributed by atoms with Crippen molar-refractivity contribution in [3.8, 4) is 12.8 Å². The van der Waals surface area contributed by atoms with Gasteiger partial charge in [-0.3, -0.25) is 4.79 Å². The normalized spacial score (nSPS) is 45.0. The molecule has 3 heteroatoms. The van der Waals surface area contributed by atoms with E-state index in [0.717, 1.165) is 38.6 Å². The molecule has 0 bridgehead atoms. The molecule has 1 saturated heterocycles. The summed E-state index contributed by atoms with van der Waals surface area (Å²) in [6, 6.07) is 0.549. The van der Waals surface area contributed by atoms with Gasteiger partial charge in [-0.25, -0.2) is 0 Å². The zero-order valence-corrected chi connectivity index (χ0v) is 14.1. The lowest BCUT2D eigenvalue weighted by atomic mass is 9.57. The molecule has 2 N–H and O–H groups in total. The summed E-state index contributed by atoms with van der Waals surface area (Å²) in [5, 5.41) is 14.4. The lowest BCUT2D eigenvalue weighted by Gasteiger charge is -2.54. The number of fused-ring (bicyclic) bond motifs is 5. The van der Waals surface area contributed by atoms with E-state index >= 15 is 0 Å². The van der Waals surface area contributed by atoms with Crippen LogP contribution >= 0.6 is 0 Å². The number of rotatable bonds is 1. The smallest absolute Gasteiger partial charge is 0.155 e. The predicted octanol–water partition coefficient (Wildman–Crippen LogP) is 2.69. The van der Waals surface area contributed by atoms with Gasteiger partial charge in [0, 0.05) is 24.4 Å². The Kier molecular flexibility index (Phi) is 4.67. The Morgan fingerprint density at radius 2 is 2.04 bits per heavy atom. The van der Waals surface area contributed by atoms with Gasteiger partial charge in [-0.05, 0) is 62.4 Å². The Morgan fingerprint density at radius 1 is 1.26 bits per heavy atom. The van der Waals surface area contributed by atoms with E-state index < -0.39 is 0 Å². The number of terminal acetylenes is 1. The van der Waals surface area contributed by atoms with E-state index in [9.17, 15) is 9.90 Å². The number of nitrogens with one attached hydrogen (secondary N) is 1. The molecule has 126 valence electrons. The van der Waals surface area contributed by atoms with Crippen LogP contribution in [0, 0.1) is 36.0 Å². The highest BCUT2D eigenvalue weighted by atomic mass is 16.3. The van der Waals surface area contributed by atoms with E-state index in [1.165, 1.54) is 18.4 Å². The van der Waals surface area contributed by atoms with Crippen LogP contribution in [0.3, 0.4) is 0 Å². The number of ketones is 1. The second kappa shape index (κ2) is 6.42. The van der Waals surface area contributed by atoms with Gasteiger partial charge >= 0.3 is 0 Å². The minimum Gasteiger partial charge on any atom is -0.392 e. The molecule has 1 heterocycles. The van der Waals surface area contributed by atoms with Gasteiger partial charge in [-0.2, -0.15) is 0 Å². The summed E-state index contributed by atoms with van der Waals surface area (Å²) in [4.78, 5) is 11.7. The summed E-state index contributed by atoms with van der Waals surface area (Å²) < 4.78 is 0. The fourth-order valence-corrected chi connectivity index (χ4v) is 6.07. The number of allylic oxidation sites excluding steroid dienone is 1. The van der Waals surface area contributed by atoms with Gasteiger partial charge in [-0.15, -0.1) is 12.8 Å². The topological polar surface area (TPSA) is 49.3 Å². The first-order chi connectivity index (χ1) is 11.2. The number of hydrogen-bond donors (Lipinski definition) is 2. The molecule has 0 aromatic heterocycles. The number of aliphatic hydroxyl groups is 1. The third-order valence-corrected chi connectivity index (χ3v) is 7.18. The van der Waals surface area contributed by atoms with Crippen LogP contribution in [-0.2, 0) is 4.79 Å². The van der Waals surface area contributed by atoms with Crippen molar-refractivity contribution < 1.29 is 9.90 Å². The van der Waals surface area contributed by atoms with Crippen molar-refractivity contribution in [1.82, 2.24) is 5.32 Å². The standard InChI is InChI=1S/C18H27NO2.C2H2/c1-2-18-10-19-17-13-6-4-12(20)9-11(13)3-5-14(17)15(18)7-8-16(18)21;1-2/h9,13-17,19,21H,2-8,10H2,1H3;1-2H. The highest BCUT2D eigenvalue weighted by molar-refractivity contribution is 5.91. The maximum absolute atomic E-state index is 11.7. The Labute approximate surface area is 139 Å². The van der Waals surface area contributed by atoms with E-state index in [1.54, 1.807) is 0 Å². The Balaban J connectivity index is 0.000000753. The maximum Gasteiger partial charge on any atom is 0.155 e. The lowest BCUT2D eigenvalue weighted by molar-refractivity contribution is -0.115. The molecular formula is C20H29NO2. The van der Waals surface area contributed by atoms with E-state index in [0.29, 0.717) is 29.6 Å². The number of hydrogen-bond acceptors (Lipinski definition) is 3. The van der Waals surface area contributed by atoms with Crippen LogP contribution < -0.4 is 5.32 Å². The van der Waals surface area contributed by atoms with Crippen molar-refractivity contribution in [2.75, 3.05) is 6.54 Å². The van der Waals surface area contributed by atoms with E-state index in [2.05, 4.69) is 25.1 Å². The van der Waals surface area contributed by atoms with Gasteiger partial charge in [0.05, 0.1) is 6.10 Å². The fourth-order valence-electron chi connectivity index (χ4n) is 6.07. The SMILES string of the molecule is C#C.CCC12CNC3C4CCC(=O)C=C4CCC3C1CCC2O. The van der Waals surface area contributed by atoms with Gasteiger partial charge in [0.1, 0.15) is 0 Å². The van der Waals surface area contributed by atoms with Crippen LogP contribution in [0.5, 0.6) is 0 Å². The maximum atomic E-state index is 11.7. The molecule has 4 rings (SSSR count). The van der Waals surface area contributed by atoms with Gasteiger partial charge in [0.25, 0.3) is 0 Å². The highest BCUT2D eigenvalue weighted by Gasteiger charge is 2.57. The average Bonchev–Trinajstić information content (AvgIpc) is 2.93. The van der Waals surface area contributed by atoms with Crippen molar-refractivity contribution in [3.05, 3.63) is 11.6 Å². The van der Waals surface area contributed by atoms with Crippen LogP contribution in [0.2, 0.25) is 0 Å². The van der Waals surface area contributed by atoms with Crippen LogP contribution in [0.25, 0.3) is 0 Å². The molecule has 3 nitrogen and oxygen atoms in total. The van der Waals surface area contributed by atoms with E-state index in [4.69, 9.17) is 0 Å². The molecule has 23 heavy (non-hydrogen) atoms. The molecule has 0 amide bonds. The number of carbonyl (C=O) groups excluding carboxylic acids is 1. The van der Waals surface area contributed by atoms with Crippen LogP contribution in [-0.4, -0.2) is 29.6 Å². The van der Waals surface area contributed by atoms with Crippen molar-refractivity contribution in [2.45, 2.75) is 64.0 Å². The molecule has 0 radical (unpaired) electrons. The zero-order valence-electron chi connectivity index (χ0n) is 14.1. The molecule has 6 atom stereocenters. The summed E-state index contributed by atoms with van der Waals surface area (Å²) in [6.45, 7) is 3.21. The second-order valence-electron chi connectivity index (χ2n) is 7.73. The van der Waals surface area contributed by atoms with Crippen molar-refractivity contribution >= 4 is 5.78 Å². The molecule has 6 unspecified atom stereocenters. The highest BCUT2D eigenvalue weighted by Crippen LogP contribution is 2.56. The second-order valence-corrected chi connectivity index (χ2v) is 7.73. The minimum absolute atomic E-state index is 0.118. The van der Waals surface area contributed by atoms with Crippen molar-refractivity contribution in [1.29, 1.82) is 0 Å². The molecule has 0 aromatic rings. The molecule has 0 spiro atoms. The van der Waals surface area contributed by atoms with E-state index in [1.807, 2.05) is 6.08 Å². The number of carbonyl (C=O) groups is 1. The largest absolute Gasteiger partial charge is 0.392 e. The number of piperidine rings is 1. The first-order valence-corrected chi connectivity index (χ1v) is 9.14. The molecule has 2 saturated carbocycles. The van der Waals surface area contributed by atoms with Gasteiger partial charge in [0.15, 0.2) is 5.78 Å². The average molecular weight is 315 g/mol. The molecule has 1 aliphatic heterocycles. The van der Waals surface area contributed by atoms with Crippen LogP contribution in [0.1, 0.15) is 51.9 Å². The first kappa shape index (κ1) is 16.7. The number of aliphatic hydroxyl groups excluding tert-OH is 1. The van der Waals surface area contributed by atoms with E-state index in [-0.39, 0.29) is 11.5 Å². The summed E-state index contributed by atoms with van der Waals surface area (Å²) in [7, 11) is 0. The first-order valence-electron chi connectivity index (χ1n) is 9.14. The summed E-state index contributed by atoms with van der Waals surface area (Å²) in [6.07, 6.45) is 17.2. The lowest BCUT2D eigenvalue weighted by Crippen LogP contribution is -2.61. The quantitative estimate of drug-likeness (QED) is 0.732. The molecule has 0 aromatic carbocycles. The Bertz CT molecular complexity index is 523. The van der Waals surface area contributed by atoms with Gasteiger partial charge in [0.2, 0.25) is 0 Å². The molecule has 4 aliphatic rings. The summed E-state index contributed by atoms with van der Waals surface area (Å²) in [5.41, 5.74) is 1.52. The summed E-state index contributed by atoms with van der Waals surface area (Å²) >= 11 is 0. The molecular weight excluding hydrogens is 286 g/mol. The zero-order chi connectivity index (χ0) is 16.6. The predicted molar refractivity (Wildman–Crippen MR) is 91.7 cm³/mol. The third-order valence-electron chi connectivity index (χ3n) is 7.18. The van der Waals surface area contributed by atoms with Crippen LogP contribution in [0.15, 0.2) is 11.6 Å². The third kappa shape index (κ3) is 2.47. The van der Waals surface area contributed by atoms with Crippen molar-refractivity contribution in [3.63, 3.8) is 0 Å². The fraction of sp³-hybridized carbons (Fsp3) is 0.750.